The molecule has 0 aromatic heterocycles. The third kappa shape index (κ3) is 6.01. The van der Waals surface area contributed by atoms with Crippen molar-refractivity contribution in [2.45, 2.75) is 16.7 Å². The van der Waals surface area contributed by atoms with Gasteiger partial charge in [0, 0.05) is 18.8 Å². The van der Waals surface area contributed by atoms with Crippen molar-refractivity contribution in [1.82, 2.24) is 0 Å². The van der Waals surface area contributed by atoms with Crippen molar-refractivity contribution in [1.29, 1.82) is 0 Å². The van der Waals surface area contributed by atoms with Crippen LogP contribution in [0, 0.1) is 6.92 Å². The maximum absolute atomic E-state index is 12.1. The van der Waals surface area contributed by atoms with Crippen molar-refractivity contribution in [2.24, 2.45) is 20.5 Å². The van der Waals surface area contributed by atoms with E-state index in [2.05, 4.69) is 25.8 Å². The summed E-state index contributed by atoms with van der Waals surface area (Å²) in [5.74, 6) is -0.565. The van der Waals surface area contributed by atoms with Gasteiger partial charge in [-0.25, -0.2) is 0 Å². The summed E-state index contributed by atoms with van der Waals surface area (Å²) >= 11 is 0. The van der Waals surface area contributed by atoms with Gasteiger partial charge in [0.05, 0.1) is 27.3 Å². The quantitative estimate of drug-likeness (QED) is 0.103. The Morgan fingerprint density at radius 2 is 1.49 bits per heavy atom. The van der Waals surface area contributed by atoms with Gasteiger partial charge in [0.15, 0.2) is 0 Å². The topological polar surface area (TPSA) is 216 Å². The number of aryl methyl sites for hydroxylation is 1. The number of phenols is 1. The van der Waals surface area contributed by atoms with E-state index < -0.39 is 35.8 Å². The predicted molar refractivity (Wildman–Crippen MR) is 145 cm³/mol. The van der Waals surface area contributed by atoms with Gasteiger partial charge in [-0.2, -0.15) is 27.1 Å². The van der Waals surface area contributed by atoms with E-state index in [0.717, 1.165) is 29.4 Å². The Balaban J connectivity index is 1.76. The molecule has 0 saturated carbocycles. The lowest BCUT2D eigenvalue weighted by atomic mass is 10.1. The molecule has 13 nitrogen and oxygen atoms in total. The number of azo groups is 2. The molecule has 4 aromatic rings. The Hall–Kier alpha value is -4.44. The number of rotatable bonds is 7. The summed E-state index contributed by atoms with van der Waals surface area (Å²) in [5.41, 5.74) is 8.01. The molecule has 0 atom stereocenters. The SMILES string of the molecule is CNc1ccc(N=Nc2ccc(N=Nc3c(N)ccc4cc(S(=O)(=O)O)cc(O)c34)c(S(=O)(=O)O)c2)c(C)c1. The van der Waals surface area contributed by atoms with Crippen LogP contribution in [-0.4, -0.2) is 38.1 Å². The molecule has 0 aliphatic rings. The summed E-state index contributed by atoms with van der Waals surface area (Å²) in [5, 5.41) is 29.7. The van der Waals surface area contributed by atoms with Gasteiger partial charge in [0.25, 0.3) is 20.2 Å². The van der Waals surface area contributed by atoms with Crippen LogP contribution in [0.2, 0.25) is 0 Å². The molecule has 0 unspecified atom stereocenters. The molecule has 6 N–H and O–H groups in total. The minimum Gasteiger partial charge on any atom is -0.507 e. The van der Waals surface area contributed by atoms with E-state index in [9.17, 15) is 31.0 Å². The van der Waals surface area contributed by atoms with Crippen LogP contribution in [0.25, 0.3) is 10.8 Å². The van der Waals surface area contributed by atoms with Gasteiger partial charge in [-0.3, -0.25) is 9.11 Å². The van der Waals surface area contributed by atoms with E-state index in [1.165, 1.54) is 24.3 Å². The van der Waals surface area contributed by atoms with Crippen LogP contribution in [0.4, 0.5) is 34.1 Å². The highest BCUT2D eigenvalue weighted by Gasteiger charge is 2.19. The van der Waals surface area contributed by atoms with E-state index >= 15 is 0 Å². The van der Waals surface area contributed by atoms with Gasteiger partial charge in [0.1, 0.15) is 22.0 Å². The molecule has 0 saturated heterocycles. The average Bonchev–Trinajstić information content (AvgIpc) is 2.86. The largest absolute Gasteiger partial charge is 0.507 e. The normalized spacial score (nSPS) is 12.5. The molecule has 0 fully saturated rings. The first-order valence-corrected chi connectivity index (χ1v) is 13.9. The molecule has 15 heteroatoms. The smallest absolute Gasteiger partial charge is 0.296 e. The van der Waals surface area contributed by atoms with Crippen LogP contribution < -0.4 is 11.1 Å². The Bertz CT molecular complexity index is 1890. The Labute approximate surface area is 223 Å². The maximum atomic E-state index is 12.1. The molecular formula is C24H22N6O7S2. The minimum atomic E-state index is -4.78. The first-order valence-electron chi connectivity index (χ1n) is 11.0. The Morgan fingerprint density at radius 3 is 2.13 bits per heavy atom. The summed E-state index contributed by atoms with van der Waals surface area (Å²) in [6.07, 6.45) is 0. The van der Waals surface area contributed by atoms with Gasteiger partial charge >= 0.3 is 0 Å². The lowest BCUT2D eigenvalue weighted by molar-refractivity contribution is 0.471. The summed E-state index contributed by atoms with van der Waals surface area (Å²) in [6, 6.07) is 13.8. The van der Waals surface area contributed by atoms with Gasteiger partial charge in [-0.1, -0.05) is 6.07 Å². The van der Waals surface area contributed by atoms with E-state index in [1.54, 1.807) is 19.2 Å². The fourth-order valence-corrected chi connectivity index (χ4v) is 4.84. The van der Waals surface area contributed by atoms with Gasteiger partial charge < -0.3 is 16.2 Å². The molecule has 0 aliphatic heterocycles. The number of phenolic OH excluding ortho intramolecular Hbond substituents is 1. The first-order chi connectivity index (χ1) is 18.3. The number of hydrogen-bond acceptors (Lipinski definition) is 11. The van der Waals surface area contributed by atoms with Crippen molar-refractivity contribution >= 4 is 65.1 Å². The Kier molecular flexibility index (Phi) is 7.34. The van der Waals surface area contributed by atoms with Crippen molar-refractivity contribution in [3.05, 3.63) is 66.2 Å². The zero-order chi connectivity index (χ0) is 28.5. The summed E-state index contributed by atoms with van der Waals surface area (Å²) in [6.45, 7) is 1.84. The van der Waals surface area contributed by atoms with Crippen LogP contribution in [0.5, 0.6) is 5.75 Å². The molecule has 202 valence electrons. The van der Waals surface area contributed by atoms with Crippen LogP contribution in [0.1, 0.15) is 5.56 Å². The maximum Gasteiger partial charge on any atom is 0.296 e. The highest BCUT2D eigenvalue weighted by Crippen LogP contribution is 2.41. The second kappa shape index (κ2) is 10.4. The molecular weight excluding hydrogens is 548 g/mol. The van der Waals surface area contributed by atoms with Crippen LogP contribution in [0.3, 0.4) is 0 Å². The lowest BCUT2D eigenvalue weighted by Gasteiger charge is -2.09. The number of anilines is 2. The molecule has 0 heterocycles. The summed E-state index contributed by atoms with van der Waals surface area (Å²) in [7, 11) is -7.61. The number of fused-ring (bicyclic) bond motifs is 1. The van der Waals surface area contributed by atoms with Gasteiger partial charge in [0.2, 0.25) is 0 Å². The van der Waals surface area contributed by atoms with Crippen molar-refractivity contribution < 1.29 is 31.0 Å². The lowest BCUT2D eigenvalue weighted by Crippen LogP contribution is -1.98. The zero-order valence-corrected chi connectivity index (χ0v) is 22.1. The third-order valence-electron chi connectivity index (χ3n) is 5.61. The van der Waals surface area contributed by atoms with E-state index in [0.29, 0.717) is 5.69 Å². The van der Waals surface area contributed by atoms with Gasteiger partial charge in [-0.05, 0) is 66.4 Å². The highest BCUT2D eigenvalue weighted by molar-refractivity contribution is 7.86. The van der Waals surface area contributed by atoms with Crippen molar-refractivity contribution in [3.63, 3.8) is 0 Å². The minimum absolute atomic E-state index is 0.00429. The second-order valence-corrected chi connectivity index (χ2v) is 11.1. The third-order valence-corrected chi connectivity index (χ3v) is 7.32. The van der Waals surface area contributed by atoms with E-state index in [1.807, 2.05) is 13.0 Å². The first kappa shape index (κ1) is 27.6. The standard InChI is InChI=1S/C24H22N6O7S2/c1-13-9-15(26-2)4-7-19(13)28-27-16-5-8-20(22(11-16)39(35,36)37)29-30-24-18(25)6-3-14-10-17(38(32,33)34)12-21(31)23(14)24/h3-12,26,31H,25H2,1-2H3,(H,32,33,34)(H,35,36,37). The number of nitrogens with zero attached hydrogens (tertiary/aromatic N) is 4. The van der Waals surface area contributed by atoms with E-state index in [4.69, 9.17) is 5.73 Å². The average molecular weight is 571 g/mol. The number of aromatic hydroxyl groups is 1. The van der Waals surface area contributed by atoms with Crippen LogP contribution in [-0.2, 0) is 20.2 Å². The molecule has 4 rings (SSSR count). The van der Waals surface area contributed by atoms with Gasteiger partial charge in [-0.15, -0.1) is 10.2 Å². The number of benzene rings is 4. The molecule has 0 amide bonds. The number of nitrogens with two attached hydrogens (primary N) is 1. The molecule has 4 aromatic carbocycles. The van der Waals surface area contributed by atoms with Crippen LogP contribution in [0.15, 0.2) is 90.9 Å². The fraction of sp³-hybridized carbons (Fsp3) is 0.0833. The number of nitrogens with one attached hydrogen (secondary N) is 1. The molecule has 0 bridgehead atoms. The summed E-state index contributed by atoms with van der Waals surface area (Å²) in [4.78, 5) is -1.16. The zero-order valence-electron chi connectivity index (χ0n) is 20.4. The Morgan fingerprint density at radius 1 is 0.795 bits per heavy atom. The fourth-order valence-electron chi connectivity index (χ4n) is 3.66. The molecule has 0 spiro atoms. The molecule has 0 radical (unpaired) electrons. The van der Waals surface area contributed by atoms with Crippen molar-refractivity contribution in [2.75, 3.05) is 18.1 Å². The summed E-state index contributed by atoms with van der Waals surface area (Å²) < 4.78 is 66.3. The number of nitrogen functional groups attached to an aromatic ring is 1. The van der Waals surface area contributed by atoms with E-state index in [-0.39, 0.29) is 33.5 Å². The predicted octanol–water partition coefficient (Wildman–Crippen LogP) is 5.80. The monoisotopic (exact) mass is 570 g/mol. The second-order valence-electron chi connectivity index (χ2n) is 8.30. The van der Waals surface area contributed by atoms with Crippen molar-refractivity contribution in [3.8, 4) is 5.75 Å². The number of hydrogen-bond donors (Lipinski definition) is 5. The highest BCUT2D eigenvalue weighted by atomic mass is 32.2. The van der Waals surface area contributed by atoms with Crippen LogP contribution >= 0.6 is 0 Å². The molecule has 0 aliphatic carbocycles. The molecule has 39 heavy (non-hydrogen) atoms.